The van der Waals surface area contributed by atoms with E-state index in [9.17, 15) is 4.39 Å². The smallest absolute Gasteiger partial charge is 0.225 e. The molecule has 0 saturated heterocycles. The molecule has 0 saturated carbocycles. The molecule has 2 heterocycles. The third-order valence-electron chi connectivity index (χ3n) is 3.46. The van der Waals surface area contributed by atoms with Crippen molar-refractivity contribution in [1.82, 2.24) is 15.0 Å². The van der Waals surface area contributed by atoms with E-state index in [2.05, 4.69) is 34.1 Å². The van der Waals surface area contributed by atoms with Gasteiger partial charge in [-0.25, -0.2) is 9.97 Å². The molecule has 0 aliphatic rings. The second-order valence-corrected chi connectivity index (χ2v) is 6.62. The molecule has 0 fully saturated rings. The molecule has 24 heavy (non-hydrogen) atoms. The van der Waals surface area contributed by atoms with Crippen LogP contribution in [0.25, 0.3) is 22.3 Å². The van der Waals surface area contributed by atoms with Crippen LogP contribution in [0.3, 0.4) is 0 Å². The van der Waals surface area contributed by atoms with Crippen molar-refractivity contribution >= 4 is 40.1 Å². The van der Waals surface area contributed by atoms with Crippen molar-refractivity contribution in [2.45, 2.75) is 13.8 Å². The molecule has 3 aromatic rings. The SMILES string of the molecule is CC(C)CNc1c(-c2ccc(Cl)cc2Cl)c(F)nc2nccnc12. The van der Waals surface area contributed by atoms with Crippen molar-refractivity contribution in [3.05, 3.63) is 46.6 Å². The zero-order valence-electron chi connectivity index (χ0n) is 13.1. The van der Waals surface area contributed by atoms with Gasteiger partial charge in [0.05, 0.1) is 16.3 Å². The highest BCUT2D eigenvalue weighted by Crippen LogP contribution is 2.39. The Kier molecular flexibility index (Phi) is 4.83. The van der Waals surface area contributed by atoms with Gasteiger partial charge in [0.15, 0.2) is 5.65 Å². The number of anilines is 1. The molecule has 3 rings (SSSR count). The summed E-state index contributed by atoms with van der Waals surface area (Å²) in [5, 5.41) is 4.09. The van der Waals surface area contributed by atoms with Crippen molar-refractivity contribution in [1.29, 1.82) is 0 Å². The van der Waals surface area contributed by atoms with Crippen molar-refractivity contribution in [3.8, 4) is 11.1 Å². The van der Waals surface area contributed by atoms with Crippen LogP contribution in [0.2, 0.25) is 10.0 Å². The number of halogens is 3. The maximum atomic E-state index is 14.8. The second-order valence-electron chi connectivity index (χ2n) is 5.78. The van der Waals surface area contributed by atoms with E-state index < -0.39 is 5.95 Å². The van der Waals surface area contributed by atoms with Gasteiger partial charge in [0.2, 0.25) is 5.95 Å². The standard InChI is InChI=1S/C17H15Cl2FN4/c1-9(2)8-23-14-13(11-4-3-10(18)7-12(11)19)16(20)24-17-15(14)21-5-6-22-17/h3-7,9H,8H2,1-2H3,(H,22,23,24). The van der Waals surface area contributed by atoms with Gasteiger partial charge in [-0.2, -0.15) is 9.37 Å². The van der Waals surface area contributed by atoms with Crippen LogP contribution in [-0.2, 0) is 0 Å². The number of benzene rings is 1. The topological polar surface area (TPSA) is 50.7 Å². The summed E-state index contributed by atoms with van der Waals surface area (Å²) >= 11 is 12.2. The van der Waals surface area contributed by atoms with Gasteiger partial charge in [0.25, 0.3) is 0 Å². The molecule has 1 aromatic carbocycles. The first-order valence-electron chi connectivity index (χ1n) is 7.47. The first-order valence-corrected chi connectivity index (χ1v) is 8.22. The maximum absolute atomic E-state index is 14.8. The lowest BCUT2D eigenvalue weighted by molar-refractivity contribution is 0.591. The molecule has 0 spiro atoms. The minimum absolute atomic E-state index is 0.245. The molecule has 2 aromatic heterocycles. The van der Waals surface area contributed by atoms with Gasteiger partial charge in [-0.05, 0) is 18.1 Å². The van der Waals surface area contributed by atoms with E-state index in [-0.39, 0.29) is 11.2 Å². The number of hydrogen-bond donors (Lipinski definition) is 1. The molecule has 0 amide bonds. The van der Waals surface area contributed by atoms with E-state index in [1.54, 1.807) is 24.4 Å². The number of hydrogen-bond acceptors (Lipinski definition) is 4. The molecule has 0 radical (unpaired) electrons. The van der Waals surface area contributed by atoms with E-state index in [1.165, 1.54) is 6.20 Å². The fourth-order valence-corrected chi connectivity index (χ4v) is 2.88. The molecule has 0 bridgehead atoms. The molecular formula is C17H15Cl2FN4. The quantitative estimate of drug-likeness (QED) is 0.645. The van der Waals surface area contributed by atoms with Crippen molar-refractivity contribution in [3.63, 3.8) is 0 Å². The zero-order chi connectivity index (χ0) is 17.3. The Morgan fingerprint density at radius 3 is 2.62 bits per heavy atom. The van der Waals surface area contributed by atoms with Crippen LogP contribution in [0.1, 0.15) is 13.8 Å². The number of nitrogens with zero attached hydrogens (tertiary/aromatic N) is 3. The Hall–Kier alpha value is -1.98. The van der Waals surface area contributed by atoms with E-state index in [1.807, 2.05) is 0 Å². The monoisotopic (exact) mass is 364 g/mol. The number of nitrogens with one attached hydrogen (secondary N) is 1. The molecule has 0 aliphatic carbocycles. The molecule has 0 atom stereocenters. The third kappa shape index (κ3) is 3.28. The van der Waals surface area contributed by atoms with Crippen LogP contribution in [0.15, 0.2) is 30.6 Å². The van der Waals surface area contributed by atoms with Crippen LogP contribution >= 0.6 is 23.2 Å². The van der Waals surface area contributed by atoms with Crippen molar-refractivity contribution in [2.75, 3.05) is 11.9 Å². The van der Waals surface area contributed by atoms with Crippen LogP contribution in [-0.4, -0.2) is 21.5 Å². The van der Waals surface area contributed by atoms with Gasteiger partial charge in [-0.15, -0.1) is 0 Å². The van der Waals surface area contributed by atoms with Crippen molar-refractivity contribution < 1.29 is 4.39 Å². The highest BCUT2D eigenvalue weighted by atomic mass is 35.5. The predicted molar refractivity (Wildman–Crippen MR) is 96.1 cm³/mol. The number of fused-ring (bicyclic) bond motifs is 1. The average Bonchev–Trinajstić information content (AvgIpc) is 2.53. The number of pyridine rings is 1. The highest BCUT2D eigenvalue weighted by Gasteiger charge is 2.20. The largest absolute Gasteiger partial charge is 0.382 e. The summed E-state index contributed by atoms with van der Waals surface area (Å²) in [5.74, 6) is -0.292. The summed E-state index contributed by atoms with van der Waals surface area (Å²) < 4.78 is 14.8. The zero-order valence-corrected chi connectivity index (χ0v) is 14.7. The summed E-state index contributed by atoms with van der Waals surface area (Å²) in [4.78, 5) is 12.3. The number of aromatic nitrogens is 3. The second kappa shape index (κ2) is 6.87. The Bertz CT molecular complexity index is 899. The lowest BCUT2D eigenvalue weighted by atomic mass is 10.0. The normalized spacial score (nSPS) is 11.2. The fraction of sp³-hybridized carbons (Fsp3) is 0.235. The molecule has 0 aliphatic heterocycles. The first-order chi connectivity index (χ1) is 11.5. The van der Waals surface area contributed by atoms with Crippen LogP contribution in [0, 0.1) is 11.9 Å². The molecule has 1 N–H and O–H groups in total. The van der Waals surface area contributed by atoms with Gasteiger partial charge in [0.1, 0.15) is 5.52 Å². The minimum Gasteiger partial charge on any atom is -0.382 e. The van der Waals surface area contributed by atoms with Crippen LogP contribution < -0.4 is 5.32 Å². The van der Waals surface area contributed by atoms with Gasteiger partial charge in [-0.3, -0.25) is 0 Å². The van der Waals surface area contributed by atoms with E-state index in [0.29, 0.717) is 39.3 Å². The summed E-state index contributed by atoms with van der Waals surface area (Å²) in [5.41, 5.74) is 2.05. The third-order valence-corrected chi connectivity index (χ3v) is 4.01. The highest BCUT2D eigenvalue weighted by molar-refractivity contribution is 6.36. The minimum atomic E-state index is -0.654. The fourth-order valence-electron chi connectivity index (χ4n) is 2.38. The first kappa shape index (κ1) is 16.9. The van der Waals surface area contributed by atoms with E-state index >= 15 is 0 Å². The lowest BCUT2D eigenvalue weighted by Crippen LogP contribution is -2.11. The Balaban J connectivity index is 2.28. The van der Waals surface area contributed by atoms with Gasteiger partial charge < -0.3 is 5.32 Å². The molecule has 124 valence electrons. The maximum Gasteiger partial charge on any atom is 0.225 e. The van der Waals surface area contributed by atoms with Gasteiger partial charge in [0, 0.05) is 29.5 Å². The Labute approximate surface area is 149 Å². The summed E-state index contributed by atoms with van der Waals surface area (Å²) in [6.45, 7) is 4.77. The van der Waals surface area contributed by atoms with Gasteiger partial charge >= 0.3 is 0 Å². The molecule has 0 unspecified atom stereocenters. The molecular weight excluding hydrogens is 350 g/mol. The molecule has 7 heteroatoms. The summed E-state index contributed by atoms with van der Waals surface area (Å²) in [6, 6.07) is 4.91. The Morgan fingerprint density at radius 2 is 1.92 bits per heavy atom. The van der Waals surface area contributed by atoms with E-state index in [0.717, 1.165) is 0 Å². The molecule has 4 nitrogen and oxygen atoms in total. The van der Waals surface area contributed by atoms with Crippen molar-refractivity contribution in [2.24, 2.45) is 5.92 Å². The lowest BCUT2D eigenvalue weighted by Gasteiger charge is -2.16. The summed E-state index contributed by atoms with van der Waals surface area (Å²) in [7, 11) is 0. The van der Waals surface area contributed by atoms with Crippen LogP contribution in [0.4, 0.5) is 10.1 Å². The van der Waals surface area contributed by atoms with E-state index in [4.69, 9.17) is 23.2 Å². The predicted octanol–water partition coefficient (Wildman–Crippen LogP) is 5.21. The van der Waals surface area contributed by atoms with Crippen LogP contribution in [0.5, 0.6) is 0 Å². The summed E-state index contributed by atoms with van der Waals surface area (Å²) in [6.07, 6.45) is 3.03. The Morgan fingerprint density at radius 1 is 1.17 bits per heavy atom. The van der Waals surface area contributed by atoms with Gasteiger partial charge in [-0.1, -0.05) is 43.1 Å². The number of rotatable bonds is 4. The average molecular weight is 365 g/mol.